The largest absolute Gasteiger partial charge is 0.481 e. The molecular formula is C11H10Cl3NO4S. The predicted octanol–water partition coefficient (Wildman–Crippen LogP) is 2.74. The Labute approximate surface area is 131 Å². The van der Waals surface area contributed by atoms with Gasteiger partial charge in [0.2, 0.25) is 10.0 Å². The predicted molar refractivity (Wildman–Crippen MR) is 76.0 cm³/mol. The maximum Gasteiger partial charge on any atom is 0.307 e. The standard InChI is InChI=1S/C11H10Cl3NO4S/c12-7-3-8(13)10(9(14)4-7)20(18,19)15-2-1-6(5-15)11(16)17/h3-4,6H,1-2,5H2,(H,16,17). The molecule has 1 aliphatic rings. The number of hydrogen-bond acceptors (Lipinski definition) is 3. The summed E-state index contributed by atoms with van der Waals surface area (Å²) in [7, 11) is -3.94. The topological polar surface area (TPSA) is 74.7 Å². The second kappa shape index (κ2) is 5.69. The van der Waals surface area contributed by atoms with Crippen molar-refractivity contribution in [1.29, 1.82) is 0 Å². The molecule has 0 bridgehead atoms. The highest BCUT2D eigenvalue weighted by molar-refractivity contribution is 7.89. The van der Waals surface area contributed by atoms with E-state index >= 15 is 0 Å². The summed E-state index contributed by atoms with van der Waals surface area (Å²) in [6.45, 7) is 0.0293. The summed E-state index contributed by atoms with van der Waals surface area (Å²) in [6, 6.07) is 2.57. The zero-order valence-electron chi connectivity index (χ0n) is 10.0. The Kier molecular flexibility index (Phi) is 4.51. The van der Waals surface area contributed by atoms with Gasteiger partial charge in [-0.05, 0) is 18.6 Å². The van der Waals surface area contributed by atoms with Gasteiger partial charge in [0.1, 0.15) is 4.90 Å². The molecule has 1 heterocycles. The summed E-state index contributed by atoms with van der Waals surface area (Å²) in [6.07, 6.45) is 0.261. The average molecular weight is 359 g/mol. The molecule has 1 aromatic rings. The van der Waals surface area contributed by atoms with Crippen molar-refractivity contribution in [2.24, 2.45) is 5.92 Å². The van der Waals surface area contributed by atoms with Crippen LogP contribution in [0, 0.1) is 5.92 Å². The average Bonchev–Trinajstić information content (AvgIpc) is 2.76. The number of carboxylic acids is 1. The maximum absolute atomic E-state index is 12.5. The fourth-order valence-electron chi connectivity index (χ4n) is 2.05. The molecule has 0 radical (unpaired) electrons. The van der Waals surface area contributed by atoms with Crippen LogP contribution in [-0.2, 0) is 14.8 Å². The molecule has 110 valence electrons. The van der Waals surface area contributed by atoms with Gasteiger partial charge in [0.05, 0.1) is 16.0 Å². The van der Waals surface area contributed by atoms with Gasteiger partial charge in [-0.3, -0.25) is 4.79 Å². The molecule has 1 aliphatic heterocycles. The lowest BCUT2D eigenvalue weighted by Crippen LogP contribution is -2.30. The summed E-state index contributed by atoms with van der Waals surface area (Å²) in [5.74, 6) is -1.73. The van der Waals surface area contributed by atoms with Crippen LogP contribution in [0.5, 0.6) is 0 Å². The molecule has 20 heavy (non-hydrogen) atoms. The highest BCUT2D eigenvalue weighted by atomic mass is 35.5. The van der Waals surface area contributed by atoms with Gasteiger partial charge >= 0.3 is 5.97 Å². The fraction of sp³-hybridized carbons (Fsp3) is 0.364. The first kappa shape index (κ1) is 15.9. The first-order valence-electron chi connectivity index (χ1n) is 5.61. The molecule has 1 saturated heterocycles. The molecule has 9 heteroatoms. The minimum absolute atomic E-state index is 0.0822. The molecule has 0 saturated carbocycles. The van der Waals surface area contributed by atoms with Crippen LogP contribution in [0.2, 0.25) is 15.1 Å². The van der Waals surface area contributed by atoms with E-state index in [9.17, 15) is 13.2 Å². The van der Waals surface area contributed by atoms with E-state index in [1.54, 1.807) is 0 Å². The molecule has 0 amide bonds. The van der Waals surface area contributed by atoms with Crippen LogP contribution in [-0.4, -0.2) is 36.9 Å². The molecular weight excluding hydrogens is 349 g/mol. The third kappa shape index (κ3) is 2.89. The third-order valence-electron chi connectivity index (χ3n) is 3.06. The van der Waals surface area contributed by atoms with E-state index in [1.807, 2.05) is 0 Å². The van der Waals surface area contributed by atoms with Crippen LogP contribution in [0.25, 0.3) is 0 Å². The maximum atomic E-state index is 12.5. The Morgan fingerprint density at radius 1 is 1.25 bits per heavy atom. The van der Waals surface area contributed by atoms with Crippen molar-refractivity contribution in [3.63, 3.8) is 0 Å². The molecule has 0 spiro atoms. The molecule has 5 nitrogen and oxygen atoms in total. The van der Waals surface area contributed by atoms with Crippen LogP contribution in [0.4, 0.5) is 0 Å². The lowest BCUT2D eigenvalue weighted by atomic mass is 10.1. The third-order valence-corrected chi connectivity index (χ3v) is 6.07. The van der Waals surface area contributed by atoms with Crippen LogP contribution >= 0.6 is 34.8 Å². The lowest BCUT2D eigenvalue weighted by molar-refractivity contribution is -0.141. The van der Waals surface area contributed by atoms with Gasteiger partial charge in [0, 0.05) is 18.1 Å². The van der Waals surface area contributed by atoms with Crippen molar-refractivity contribution in [2.75, 3.05) is 13.1 Å². The number of benzene rings is 1. The number of halogens is 3. The van der Waals surface area contributed by atoms with Crippen molar-refractivity contribution >= 4 is 50.8 Å². The number of carboxylic acid groups (broad SMARTS) is 1. The first-order valence-corrected chi connectivity index (χ1v) is 8.18. The van der Waals surface area contributed by atoms with Crippen molar-refractivity contribution in [2.45, 2.75) is 11.3 Å². The monoisotopic (exact) mass is 357 g/mol. The van der Waals surface area contributed by atoms with Crippen LogP contribution < -0.4 is 0 Å². The summed E-state index contributed by atoms with van der Waals surface area (Å²) in [4.78, 5) is 10.7. The van der Waals surface area contributed by atoms with E-state index < -0.39 is 21.9 Å². The molecule has 0 aromatic heterocycles. The Morgan fingerprint density at radius 3 is 2.25 bits per heavy atom. The Morgan fingerprint density at radius 2 is 1.80 bits per heavy atom. The van der Waals surface area contributed by atoms with Gasteiger partial charge < -0.3 is 5.11 Å². The Balaban J connectivity index is 2.40. The van der Waals surface area contributed by atoms with Gasteiger partial charge in [-0.15, -0.1) is 0 Å². The summed E-state index contributed by atoms with van der Waals surface area (Å²) in [5, 5.41) is 8.98. The summed E-state index contributed by atoms with van der Waals surface area (Å²) < 4.78 is 26.0. The van der Waals surface area contributed by atoms with Crippen LogP contribution in [0.1, 0.15) is 6.42 Å². The fourth-order valence-corrected chi connectivity index (χ4v) is 5.05. The molecule has 0 aliphatic carbocycles. The number of carbonyl (C=O) groups is 1. The molecule has 1 fully saturated rings. The first-order chi connectivity index (χ1) is 9.23. The minimum Gasteiger partial charge on any atom is -0.481 e. The normalized spacial score (nSPS) is 20.2. The molecule has 1 aromatic carbocycles. The Bertz CT molecular complexity index is 639. The molecule has 2 rings (SSSR count). The summed E-state index contributed by atoms with van der Waals surface area (Å²) >= 11 is 17.6. The SMILES string of the molecule is O=C(O)C1CCN(S(=O)(=O)c2c(Cl)cc(Cl)cc2Cl)C1. The van der Waals surface area contributed by atoms with Crippen molar-refractivity contribution in [1.82, 2.24) is 4.31 Å². The van der Waals surface area contributed by atoms with Gasteiger partial charge in [-0.25, -0.2) is 8.42 Å². The van der Waals surface area contributed by atoms with E-state index in [-0.39, 0.29) is 39.5 Å². The smallest absolute Gasteiger partial charge is 0.307 e. The highest BCUT2D eigenvalue weighted by Gasteiger charge is 2.37. The van der Waals surface area contributed by atoms with Crippen molar-refractivity contribution in [3.8, 4) is 0 Å². The molecule has 1 unspecified atom stereocenters. The lowest BCUT2D eigenvalue weighted by Gasteiger charge is -2.18. The van der Waals surface area contributed by atoms with Gasteiger partial charge in [-0.1, -0.05) is 34.8 Å². The van der Waals surface area contributed by atoms with E-state index in [0.717, 1.165) is 4.31 Å². The quantitative estimate of drug-likeness (QED) is 0.901. The number of hydrogen-bond donors (Lipinski definition) is 1. The number of aliphatic carboxylic acids is 1. The van der Waals surface area contributed by atoms with Crippen molar-refractivity contribution in [3.05, 3.63) is 27.2 Å². The number of nitrogens with zero attached hydrogens (tertiary/aromatic N) is 1. The van der Waals surface area contributed by atoms with E-state index in [4.69, 9.17) is 39.9 Å². The number of sulfonamides is 1. The zero-order valence-corrected chi connectivity index (χ0v) is 13.1. The van der Waals surface area contributed by atoms with E-state index in [0.29, 0.717) is 0 Å². The summed E-state index contributed by atoms with van der Waals surface area (Å²) in [5.41, 5.74) is 0. The molecule has 1 N–H and O–H groups in total. The molecule has 1 atom stereocenters. The zero-order chi connectivity index (χ0) is 15.1. The number of rotatable bonds is 3. The van der Waals surface area contributed by atoms with Gasteiger partial charge in [-0.2, -0.15) is 4.31 Å². The van der Waals surface area contributed by atoms with Crippen LogP contribution in [0.3, 0.4) is 0 Å². The second-order valence-corrected chi connectivity index (χ2v) is 7.51. The van der Waals surface area contributed by atoms with E-state index in [2.05, 4.69) is 0 Å². The van der Waals surface area contributed by atoms with Crippen molar-refractivity contribution < 1.29 is 18.3 Å². The Hall–Kier alpha value is -0.530. The van der Waals surface area contributed by atoms with Gasteiger partial charge in [0.15, 0.2) is 0 Å². The highest BCUT2D eigenvalue weighted by Crippen LogP contribution is 2.36. The minimum atomic E-state index is -3.94. The van der Waals surface area contributed by atoms with Crippen LogP contribution in [0.15, 0.2) is 17.0 Å². The van der Waals surface area contributed by atoms with Gasteiger partial charge in [0.25, 0.3) is 0 Å². The second-order valence-electron chi connectivity index (χ2n) is 4.39. The van der Waals surface area contributed by atoms with E-state index in [1.165, 1.54) is 12.1 Å².